The maximum absolute atomic E-state index is 12.9. The first kappa shape index (κ1) is 17.4. The molecule has 9 heteroatoms. The standard InChI is InChI=1S/C15H21N3O4S2/c1-17(2)24(21,22)10-4-8-18-13(19)15(16-14(18)20)7-3-5-12-11(15)6-9-23-12/h6,9H,3-5,7-8,10H2,1-2H3,(H,16,20). The Labute approximate surface area is 145 Å². The Morgan fingerprint density at radius 3 is 2.83 bits per heavy atom. The van der Waals surface area contributed by atoms with Gasteiger partial charge in [0.2, 0.25) is 10.0 Å². The Bertz CT molecular complexity index is 771. The van der Waals surface area contributed by atoms with Crippen molar-refractivity contribution in [2.24, 2.45) is 0 Å². The van der Waals surface area contributed by atoms with Gasteiger partial charge in [-0.2, -0.15) is 0 Å². The van der Waals surface area contributed by atoms with Crippen molar-refractivity contribution in [3.63, 3.8) is 0 Å². The largest absolute Gasteiger partial charge is 0.325 e. The Kier molecular flexibility index (Phi) is 4.43. The molecule has 1 N–H and O–H groups in total. The molecule has 0 radical (unpaired) electrons. The molecule has 1 spiro atoms. The van der Waals surface area contributed by atoms with Crippen LogP contribution in [0.1, 0.15) is 29.7 Å². The van der Waals surface area contributed by atoms with Crippen LogP contribution in [0.4, 0.5) is 4.79 Å². The number of rotatable bonds is 5. The van der Waals surface area contributed by atoms with Gasteiger partial charge in [-0.1, -0.05) is 0 Å². The normalized spacial score (nSPS) is 23.9. The highest BCUT2D eigenvalue weighted by Gasteiger charge is 2.54. The fourth-order valence-electron chi connectivity index (χ4n) is 3.33. The summed E-state index contributed by atoms with van der Waals surface area (Å²) in [6.07, 6.45) is 2.60. The highest BCUT2D eigenvalue weighted by Crippen LogP contribution is 2.42. The smallest absolute Gasteiger partial charge is 0.319 e. The van der Waals surface area contributed by atoms with Crippen LogP contribution in [0.15, 0.2) is 11.4 Å². The molecule has 1 aromatic rings. The third kappa shape index (κ3) is 2.74. The van der Waals surface area contributed by atoms with Crippen molar-refractivity contribution >= 4 is 33.3 Å². The zero-order chi connectivity index (χ0) is 17.5. The third-order valence-corrected chi connectivity index (χ3v) is 7.57. The third-order valence-electron chi connectivity index (χ3n) is 4.68. The molecule has 0 saturated carbocycles. The number of imide groups is 1. The van der Waals surface area contributed by atoms with Gasteiger partial charge in [-0.15, -0.1) is 11.3 Å². The molecule has 1 saturated heterocycles. The molecule has 0 aromatic carbocycles. The fourth-order valence-corrected chi connectivity index (χ4v) is 5.19. The lowest BCUT2D eigenvalue weighted by Gasteiger charge is -2.31. The van der Waals surface area contributed by atoms with Crippen LogP contribution in [0.3, 0.4) is 0 Å². The van der Waals surface area contributed by atoms with E-state index in [1.165, 1.54) is 14.1 Å². The van der Waals surface area contributed by atoms with E-state index >= 15 is 0 Å². The molecule has 1 fully saturated rings. The number of fused-ring (bicyclic) bond motifs is 2. The van der Waals surface area contributed by atoms with Gasteiger partial charge in [-0.3, -0.25) is 9.69 Å². The number of carbonyl (C=O) groups is 2. The number of hydrogen-bond acceptors (Lipinski definition) is 5. The molecule has 24 heavy (non-hydrogen) atoms. The van der Waals surface area contributed by atoms with Gasteiger partial charge in [-0.05, 0) is 37.1 Å². The lowest BCUT2D eigenvalue weighted by Crippen LogP contribution is -2.46. The van der Waals surface area contributed by atoms with Gasteiger partial charge < -0.3 is 5.32 Å². The van der Waals surface area contributed by atoms with Crippen LogP contribution >= 0.6 is 11.3 Å². The summed E-state index contributed by atoms with van der Waals surface area (Å²) >= 11 is 1.61. The molecule has 1 atom stereocenters. The molecule has 2 aliphatic rings. The summed E-state index contributed by atoms with van der Waals surface area (Å²) < 4.78 is 24.8. The van der Waals surface area contributed by atoms with Crippen molar-refractivity contribution in [1.82, 2.24) is 14.5 Å². The molecule has 1 aromatic heterocycles. The number of amides is 3. The van der Waals surface area contributed by atoms with Crippen molar-refractivity contribution in [1.29, 1.82) is 0 Å². The van der Waals surface area contributed by atoms with Crippen molar-refractivity contribution in [2.75, 3.05) is 26.4 Å². The molecule has 2 heterocycles. The van der Waals surface area contributed by atoms with E-state index in [0.717, 1.165) is 32.5 Å². The van der Waals surface area contributed by atoms with E-state index < -0.39 is 21.6 Å². The Morgan fingerprint density at radius 2 is 2.12 bits per heavy atom. The van der Waals surface area contributed by atoms with Gasteiger partial charge >= 0.3 is 6.03 Å². The number of carbonyl (C=O) groups excluding carboxylic acids is 2. The molecule has 3 amide bonds. The maximum atomic E-state index is 12.9. The van der Waals surface area contributed by atoms with E-state index in [9.17, 15) is 18.0 Å². The van der Waals surface area contributed by atoms with Crippen LogP contribution in [0, 0.1) is 0 Å². The SMILES string of the molecule is CN(C)S(=O)(=O)CCCN1C(=O)NC2(CCCc3sccc32)C1=O. The minimum atomic E-state index is -3.33. The lowest BCUT2D eigenvalue weighted by molar-refractivity contribution is -0.132. The van der Waals surface area contributed by atoms with Crippen LogP contribution in [0.5, 0.6) is 0 Å². The minimum absolute atomic E-state index is 0.0895. The first-order valence-corrected chi connectivity index (χ1v) is 10.4. The fraction of sp³-hybridized carbons (Fsp3) is 0.600. The van der Waals surface area contributed by atoms with Gasteiger partial charge in [0, 0.05) is 31.1 Å². The monoisotopic (exact) mass is 371 g/mol. The second-order valence-electron chi connectivity index (χ2n) is 6.36. The van der Waals surface area contributed by atoms with Crippen LogP contribution in [0.2, 0.25) is 0 Å². The molecule has 0 bridgehead atoms. The predicted molar refractivity (Wildman–Crippen MR) is 91.3 cm³/mol. The van der Waals surface area contributed by atoms with Gasteiger partial charge in [0.05, 0.1) is 5.75 Å². The zero-order valence-electron chi connectivity index (χ0n) is 13.7. The van der Waals surface area contributed by atoms with Crippen LogP contribution in [-0.4, -0.2) is 56.0 Å². The van der Waals surface area contributed by atoms with E-state index in [2.05, 4.69) is 5.32 Å². The maximum Gasteiger partial charge on any atom is 0.325 e. The summed E-state index contributed by atoms with van der Waals surface area (Å²) in [5, 5.41) is 4.81. The summed E-state index contributed by atoms with van der Waals surface area (Å²) in [6.45, 7) is 0.110. The minimum Gasteiger partial charge on any atom is -0.319 e. The van der Waals surface area contributed by atoms with Gasteiger partial charge in [0.1, 0.15) is 5.54 Å². The van der Waals surface area contributed by atoms with Crippen molar-refractivity contribution in [3.05, 3.63) is 21.9 Å². The second kappa shape index (κ2) is 6.12. The summed E-state index contributed by atoms with van der Waals surface area (Å²) in [6, 6.07) is 1.48. The van der Waals surface area contributed by atoms with Gasteiger partial charge in [0.25, 0.3) is 5.91 Å². The van der Waals surface area contributed by atoms with Crippen molar-refractivity contribution in [2.45, 2.75) is 31.2 Å². The number of hydrogen-bond donors (Lipinski definition) is 1. The molecular weight excluding hydrogens is 350 g/mol. The summed E-state index contributed by atoms with van der Waals surface area (Å²) in [4.78, 5) is 27.6. The van der Waals surface area contributed by atoms with E-state index in [0.29, 0.717) is 6.42 Å². The van der Waals surface area contributed by atoms with Crippen molar-refractivity contribution in [3.8, 4) is 0 Å². The van der Waals surface area contributed by atoms with Crippen LogP contribution in [-0.2, 0) is 26.8 Å². The number of nitrogens with zero attached hydrogens (tertiary/aromatic N) is 2. The number of aryl methyl sites for hydroxylation is 1. The molecule has 132 valence electrons. The Morgan fingerprint density at radius 1 is 1.38 bits per heavy atom. The number of urea groups is 1. The first-order chi connectivity index (χ1) is 11.3. The molecule has 3 rings (SSSR count). The topological polar surface area (TPSA) is 86.8 Å². The predicted octanol–water partition coefficient (Wildman–Crippen LogP) is 1.11. The van der Waals surface area contributed by atoms with Crippen LogP contribution < -0.4 is 5.32 Å². The molecule has 1 unspecified atom stereocenters. The van der Waals surface area contributed by atoms with E-state index in [1.807, 2.05) is 11.4 Å². The lowest BCUT2D eigenvalue weighted by atomic mass is 9.80. The average Bonchev–Trinajstić information content (AvgIpc) is 3.07. The Hall–Kier alpha value is -1.45. The highest BCUT2D eigenvalue weighted by molar-refractivity contribution is 7.89. The highest BCUT2D eigenvalue weighted by atomic mass is 32.2. The van der Waals surface area contributed by atoms with E-state index in [-0.39, 0.29) is 24.6 Å². The molecule has 1 aliphatic carbocycles. The summed E-state index contributed by atoms with van der Waals surface area (Å²) in [7, 11) is -0.392. The first-order valence-electron chi connectivity index (χ1n) is 7.89. The van der Waals surface area contributed by atoms with Crippen molar-refractivity contribution < 1.29 is 18.0 Å². The molecular formula is C15H21N3O4S2. The summed E-state index contributed by atoms with van der Waals surface area (Å²) in [5.74, 6) is -0.345. The van der Waals surface area contributed by atoms with E-state index in [1.54, 1.807) is 11.3 Å². The van der Waals surface area contributed by atoms with Gasteiger partial charge in [0.15, 0.2) is 0 Å². The zero-order valence-corrected chi connectivity index (χ0v) is 15.4. The van der Waals surface area contributed by atoms with Gasteiger partial charge in [-0.25, -0.2) is 17.5 Å². The number of nitrogens with one attached hydrogen (secondary N) is 1. The number of sulfonamides is 1. The number of thiophene rings is 1. The Balaban J connectivity index is 1.75. The molecule has 1 aliphatic heterocycles. The quantitative estimate of drug-likeness (QED) is 0.786. The second-order valence-corrected chi connectivity index (χ2v) is 9.66. The summed E-state index contributed by atoms with van der Waals surface area (Å²) in [5.41, 5.74) is -0.0500. The molecule has 7 nitrogen and oxygen atoms in total. The van der Waals surface area contributed by atoms with Crippen LogP contribution in [0.25, 0.3) is 0 Å². The average molecular weight is 371 g/mol. The van der Waals surface area contributed by atoms with E-state index in [4.69, 9.17) is 0 Å².